The highest BCUT2D eigenvalue weighted by Gasteiger charge is 2.42. The number of methoxy groups -OCH3 is 2. The fourth-order valence-electron chi connectivity index (χ4n) is 3.44. The highest BCUT2D eigenvalue weighted by atomic mass is 35.5. The maximum absolute atomic E-state index is 13.2. The van der Waals surface area contributed by atoms with Crippen molar-refractivity contribution in [2.24, 2.45) is 5.92 Å². The van der Waals surface area contributed by atoms with Crippen LogP contribution in [0.2, 0.25) is 5.02 Å². The van der Waals surface area contributed by atoms with Gasteiger partial charge in [0.2, 0.25) is 5.91 Å². The maximum Gasteiger partial charge on any atom is 0.262 e. The fourth-order valence-corrected chi connectivity index (χ4v) is 3.67. The first-order valence-corrected chi connectivity index (χ1v) is 9.85. The number of carbonyl (C=O) groups excluding carboxylic acids is 3. The Morgan fingerprint density at radius 2 is 1.60 bits per heavy atom. The molecule has 0 aromatic heterocycles. The lowest BCUT2D eigenvalue weighted by Gasteiger charge is -2.27. The molecule has 1 aliphatic heterocycles. The SMILES string of the molecule is COc1cc(NC(=O)C(CC(C)C)N2C(=O)c3ccccc3C2=O)c(OC)cc1Cl. The number of rotatable bonds is 7. The number of nitrogens with one attached hydrogen (secondary N) is 1. The quantitative estimate of drug-likeness (QED) is 0.671. The zero-order valence-electron chi connectivity index (χ0n) is 17.2. The second kappa shape index (κ2) is 8.75. The summed E-state index contributed by atoms with van der Waals surface area (Å²) in [6.07, 6.45) is 0.310. The second-order valence-corrected chi connectivity index (χ2v) is 7.75. The average Bonchev–Trinajstić information content (AvgIpc) is 2.97. The standard InChI is InChI=1S/C22H23ClN2O5/c1-12(2)9-17(25-21(27)13-7-5-6-8-14(13)22(25)28)20(26)24-16-11-18(29-3)15(23)10-19(16)30-4/h5-8,10-12,17H,9H2,1-4H3,(H,24,26). The molecule has 1 unspecified atom stereocenters. The molecule has 158 valence electrons. The van der Waals surface area contributed by atoms with Gasteiger partial charge >= 0.3 is 0 Å². The Labute approximate surface area is 179 Å². The van der Waals surface area contributed by atoms with E-state index in [0.717, 1.165) is 4.90 Å². The van der Waals surface area contributed by atoms with Gasteiger partial charge in [-0.3, -0.25) is 19.3 Å². The van der Waals surface area contributed by atoms with Gasteiger partial charge in [-0.05, 0) is 24.5 Å². The first-order chi connectivity index (χ1) is 14.3. The van der Waals surface area contributed by atoms with E-state index in [1.165, 1.54) is 26.4 Å². The summed E-state index contributed by atoms with van der Waals surface area (Å²) in [5, 5.41) is 3.09. The lowest BCUT2D eigenvalue weighted by Crippen LogP contribution is -2.48. The van der Waals surface area contributed by atoms with E-state index >= 15 is 0 Å². The van der Waals surface area contributed by atoms with Gasteiger partial charge in [0.15, 0.2) is 0 Å². The van der Waals surface area contributed by atoms with Crippen molar-refractivity contribution in [1.29, 1.82) is 0 Å². The maximum atomic E-state index is 13.2. The van der Waals surface area contributed by atoms with Gasteiger partial charge in [-0.15, -0.1) is 0 Å². The van der Waals surface area contributed by atoms with Crippen LogP contribution in [-0.2, 0) is 4.79 Å². The highest BCUT2D eigenvalue weighted by molar-refractivity contribution is 6.32. The van der Waals surface area contributed by atoms with Crippen LogP contribution in [0.3, 0.4) is 0 Å². The van der Waals surface area contributed by atoms with E-state index in [1.807, 2.05) is 13.8 Å². The van der Waals surface area contributed by atoms with E-state index in [-0.39, 0.29) is 5.92 Å². The Balaban J connectivity index is 1.95. The van der Waals surface area contributed by atoms with Gasteiger partial charge in [-0.2, -0.15) is 0 Å². The molecule has 0 aliphatic carbocycles. The summed E-state index contributed by atoms with van der Waals surface area (Å²) < 4.78 is 10.5. The van der Waals surface area contributed by atoms with Crippen molar-refractivity contribution in [1.82, 2.24) is 4.90 Å². The largest absolute Gasteiger partial charge is 0.495 e. The monoisotopic (exact) mass is 430 g/mol. The van der Waals surface area contributed by atoms with Gasteiger partial charge in [0.25, 0.3) is 11.8 Å². The lowest BCUT2D eigenvalue weighted by atomic mass is 10.0. The third-order valence-corrected chi connectivity index (χ3v) is 5.16. The molecule has 30 heavy (non-hydrogen) atoms. The van der Waals surface area contributed by atoms with Crippen LogP contribution in [0.15, 0.2) is 36.4 Å². The van der Waals surface area contributed by atoms with Crippen LogP contribution in [0.5, 0.6) is 11.5 Å². The number of imide groups is 1. The lowest BCUT2D eigenvalue weighted by molar-refractivity contribution is -0.120. The van der Waals surface area contributed by atoms with E-state index in [0.29, 0.717) is 39.8 Å². The molecule has 1 atom stereocenters. The molecule has 3 rings (SSSR count). The molecule has 0 saturated heterocycles. The van der Waals surface area contributed by atoms with E-state index in [1.54, 1.807) is 24.3 Å². The van der Waals surface area contributed by atoms with Gasteiger partial charge in [0.05, 0.1) is 36.1 Å². The van der Waals surface area contributed by atoms with Gasteiger partial charge < -0.3 is 14.8 Å². The van der Waals surface area contributed by atoms with Gasteiger partial charge in [0.1, 0.15) is 17.5 Å². The van der Waals surface area contributed by atoms with E-state index in [9.17, 15) is 14.4 Å². The molecule has 2 aromatic carbocycles. The van der Waals surface area contributed by atoms with Gasteiger partial charge in [-0.1, -0.05) is 37.6 Å². The number of hydrogen-bond donors (Lipinski definition) is 1. The zero-order valence-corrected chi connectivity index (χ0v) is 17.9. The van der Waals surface area contributed by atoms with Crippen molar-refractivity contribution in [3.05, 3.63) is 52.5 Å². The molecule has 0 fully saturated rings. The number of carbonyl (C=O) groups is 3. The summed E-state index contributed by atoms with van der Waals surface area (Å²) in [7, 11) is 2.91. The number of amides is 3. The number of halogens is 1. The van der Waals surface area contributed by atoms with Crippen molar-refractivity contribution in [3.8, 4) is 11.5 Å². The minimum atomic E-state index is -0.983. The molecule has 0 spiro atoms. The van der Waals surface area contributed by atoms with Crippen molar-refractivity contribution in [3.63, 3.8) is 0 Å². The molecular weight excluding hydrogens is 408 g/mol. The average molecular weight is 431 g/mol. The number of ether oxygens (including phenoxy) is 2. The third kappa shape index (κ3) is 3.98. The van der Waals surface area contributed by atoms with Crippen LogP contribution in [0, 0.1) is 5.92 Å². The van der Waals surface area contributed by atoms with Crippen LogP contribution in [-0.4, -0.2) is 42.9 Å². The number of anilines is 1. The summed E-state index contributed by atoms with van der Waals surface area (Å²) in [4.78, 5) is 40.1. The Morgan fingerprint density at radius 1 is 1.03 bits per heavy atom. The van der Waals surface area contributed by atoms with Crippen LogP contribution in [0.4, 0.5) is 5.69 Å². The van der Waals surface area contributed by atoms with Gasteiger partial charge in [0, 0.05) is 12.1 Å². The molecule has 0 bridgehead atoms. The predicted octanol–water partition coefficient (Wildman–Crippen LogP) is 4.01. The summed E-state index contributed by atoms with van der Waals surface area (Å²) >= 11 is 6.13. The van der Waals surface area contributed by atoms with Crippen LogP contribution < -0.4 is 14.8 Å². The molecule has 7 nitrogen and oxygen atoms in total. The van der Waals surface area contributed by atoms with E-state index in [4.69, 9.17) is 21.1 Å². The van der Waals surface area contributed by atoms with Crippen molar-refractivity contribution in [2.45, 2.75) is 26.3 Å². The molecule has 0 saturated carbocycles. The highest BCUT2D eigenvalue weighted by Crippen LogP contribution is 2.36. The van der Waals surface area contributed by atoms with E-state index < -0.39 is 23.8 Å². The molecule has 8 heteroatoms. The Hall–Kier alpha value is -3.06. The number of fused-ring (bicyclic) bond motifs is 1. The van der Waals surface area contributed by atoms with E-state index in [2.05, 4.69) is 5.32 Å². The number of hydrogen-bond acceptors (Lipinski definition) is 5. The number of nitrogens with zero attached hydrogens (tertiary/aromatic N) is 1. The molecular formula is C22H23ClN2O5. The molecule has 1 aliphatic rings. The molecule has 1 heterocycles. The third-order valence-electron chi connectivity index (χ3n) is 4.87. The van der Waals surface area contributed by atoms with Crippen LogP contribution in [0.1, 0.15) is 41.0 Å². The van der Waals surface area contributed by atoms with Crippen molar-refractivity contribution in [2.75, 3.05) is 19.5 Å². The number of benzene rings is 2. The van der Waals surface area contributed by atoms with Gasteiger partial charge in [-0.25, -0.2) is 0 Å². The summed E-state index contributed by atoms with van der Waals surface area (Å²) in [6, 6.07) is 8.64. The Bertz CT molecular complexity index is 970. The predicted molar refractivity (Wildman–Crippen MR) is 113 cm³/mol. The smallest absolute Gasteiger partial charge is 0.262 e. The molecule has 2 aromatic rings. The molecule has 1 N–H and O–H groups in total. The topological polar surface area (TPSA) is 84.9 Å². The first kappa shape index (κ1) is 21.6. The second-order valence-electron chi connectivity index (χ2n) is 7.35. The Kier molecular flexibility index (Phi) is 6.31. The van der Waals surface area contributed by atoms with Crippen molar-refractivity contribution >= 4 is 35.0 Å². The van der Waals surface area contributed by atoms with Crippen LogP contribution in [0.25, 0.3) is 0 Å². The molecule has 3 amide bonds. The summed E-state index contributed by atoms with van der Waals surface area (Å²) in [5.74, 6) is -0.699. The molecule has 0 radical (unpaired) electrons. The summed E-state index contributed by atoms with van der Waals surface area (Å²) in [6.45, 7) is 3.84. The minimum Gasteiger partial charge on any atom is -0.495 e. The van der Waals surface area contributed by atoms with Crippen LogP contribution >= 0.6 is 11.6 Å². The normalized spacial score (nSPS) is 14.0. The zero-order chi connectivity index (χ0) is 22.0. The first-order valence-electron chi connectivity index (χ1n) is 9.47. The minimum absolute atomic E-state index is 0.0618. The summed E-state index contributed by atoms with van der Waals surface area (Å²) in [5.41, 5.74) is 0.929. The van der Waals surface area contributed by atoms with Crippen molar-refractivity contribution < 1.29 is 23.9 Å². The Morgan fingerprint density at radius 3 is 2.10 bits per heavy atom. The fraction of sp³-hybridized carbons (Fsp3) is 0.318.